The number of hydrogen-bond donors (Lipinski definition) is 1. The maximum absolute atomic E-state index is 5.82. The van der Waals surface area contributed by atoms with Crippen molar-refractivity contribution in [1.82, 2.24) is 0 Å². The minimum Gasteiger partial charge on any atom is -0.387 e. The first-order valence-corrected chi connectivity index (χ1v) is 5.51. The molecule has 0 radical (unpaired) electrons. The van der Waals surface area contributed by atoms with Gasteiger partial charge in [-0.1, -0.05) is 41.5 Å². The molecule has 0 atom stereocenters. The Balaban J connectivity index is 2.54. The Morgan fingerprint density at radius 2 is 1.64 bits per heavy atom. The van der Waals surface area contributed by atoms with Crippen molar-refractivity contribution in [3.8, 4) is 0 Å². The molecule has 14 heavy (non-hydrogen) atoms. The van der Waals surface area contributed by atoms with Gasteiger partial charge in [-0.2, -0.15) is 0 Å². The van der Waals surface area contributed by atoms with Crippen molar-refractivity contribution >= 4 is 5.84 Å². The number of amidine groups is 1. The molecule has 1 fully saturated rings. The summed E-state index contributed by atoms with van der Waals surface area (Å²) in [5, 5.41) is 0. The molecular weight excluding hydrogens is 172 g/mol. The first-order valence-electron chi connectivity index (χ1n) is 5.51. The molecule has 0 aromatic heterocycles. The molecule has 0 unspecified atom stereocenters. The van der Waals surface area contributed by atoms with Crippen LogP contribution in [0.15, 0.2) is 4.99 Å². The van der Waals surface area contributed by atoms with Gasteiger partial charge in [0.1, 0.15) is 0 Å². The lowest BCUT2D eigenvalue weighted by Crippen LogP contribution is -2.19. The van der Waals surface area contributed by atoms with Crippen LogP contribution < -0.4 is 5.73 Å². The zero-order valence-electron chi connectivity index (χ0n) is 10.4. The average Bonchev–Trinajstić information content (AvgIpc) is 2.39. The van der Waals surface area contributed by atoms with E-state index in [9.17, 15) is 0 Å². The second-order valence-electron chi connectivity index (χ2n) is 5.92. The van der Waals surface area contributed by atoms with Gasteiger partial charge in [0, 0.05) is 12.5 Å². The summed E-state index contributed by atoms with van der Waals surface area (Å²) in [6, 6.07) is 0. The minimum absolute atomic E-state index is 0.375. The molecule has 2 N–H and O–H groups in total. The van der Waals surface area contributed by atoms with Gasteiger partial charge in [0.15, 0.2) is 0 Å². The SMILES string of the molecule is CC(C)C(N)=NCC1C(C)(C)C1(C)C. The number of rotatable bonds is 3. The number of nitrogens with zero attached hydrogens (tertiary/aromatic N) is 1. The maximum Gasteiger partial charge on any atom is 0.0962 e. The van der Waals surface area contributed by atoms with Crippen LogP contribution in [0.3, 0.4) is 0 Å². The van der Waals surface area contributed by atoms with Gasteiger partial charge in [0.05, 0.1) is 5.84 Å². The lowest BCUT2D eigenvalue weighted by molar-refractivity contribution is 0.457. The van der Waals surface area contributed by atoms with Crippen molar-refractivity contribution in [1.29, 1.82) is 0 Å². The summed E-state index contributed by atoms with van der Waals surface area (Å²) in [6.45, 7) is 14.3. The molecule has 0 amide bonds. The molecule has 0 spiro atoms. The van der Waals surface area contributed by atoms with E-state index < -0.39 is 0 Å². The Labute approximate surface area is 88.0 Å². The molecular formula is C12H24N2. The van der Waals surface area contributed by atoms with Gasteiger partial charge in [-0.25, -0.2) is 0 Å². The van der Waals surface area contributed by atoms with Crippen LogP contribution in [0.25, 0.3) is 0 Å². The summed E-state index contributed by atoms with van der Waals surface area (Å²) in [6.07, 6.45) is 0. The number of aliphatic imine (C=N–C) groups is 1. The van der Waals surface area contributed by atoms with Crippen molar-refractivity contribution in [2.75, 3.05) is 6.54 Å². The highest BCUT2D eigenvalue weighted by atomic mass is 14.9. The first-order chi connectivity index (χ1) is 6.21. The van der Waals surface area contributed by atoms with E-state index in [4.69, 9.17) is 5.73 Å². The average molecular weight is 196 g/mol. The second-order valence-corrected chi connectivity index (χ2v) is 5.92. The standard InChI is InChI=1S/C12H24N2/c1-8(2)10(13)14-7-9-11(3,4)12(9,5)6/h8-9H,7H2,1-6H3,(H2,13,14). The van der Waals surface area contributed by atoms with Crippen molar-refractivity contribution < 1.29 is 0 Å². The van der Waals surface area contributed by atoms with Gasteiger partial charge in [-0.05, 0) is 16.7 Å². The third-order valence-corrected chi connectivity index (χ3v) is 4.37. The molecule has 0 heterocycles. The zero-order valence-corrected chi connectivity index (χ0v) is 10.4. The lowest BCUT2D eigenvalue weighted by Gasteiger charge is -2.04. The van der Waals surface area contributed by atoms with Crippen LogP contribution in [0.2, 0.25) is 0 Å². The van der Waals surface area contributed by atoms with Crippen LogP contribution in [0.4, 0.5) is 0 Å². The second kappa shape index (κ2) is 3.25. The van der Waals surface area contributed by atoms with E-state index in [-0.39, 0.29) is 0 Å². The fourth-order valence-corrected chi connectivity index (χ4v) is 2.17. The van der Waals surface area contributed by atoms with Crippen LogP contribution in [-0.2, 0) is 0 Å². The molecule has 0 saturated heterocycles. The van der Waals surface area contributed by atoms with Crippen LogP contribution in [-0.4, -0.2) is 12.4 Å². The molecule has 1 aliphatic rings. The predicted molar refractivity (Wildman–Crippen MR) is 62.4 cm³/mol. The Hall–Kier alpha value is -0.530. The van der Waals surface area contributed by atoms with Gasteiger partial charge in [-0.3, -0.25) is 4.99 Å². The Morgan fingerprint density at radius 3 is 1.93 bits per heavy atom. The summed E-state index contributed by atoms with van der Waals surface area (Å²) < 4.78 is 0. The normalized spacial score (nSPS) is 25.5. The highest BCUT2D eigenvalue weighted by Crippen LogP contribution is 2.68. The summed E-state index contributed by atoms with van der Waals surface area (Å²) in [5.74, 6) is 1.86. The van der Waals surface area contributed by atoms with Crippen molar-refractivity contribution in [3.63, 3.8) is 0 Å². The maximum atomic E-state index is 5.82. The smallest absolute Gasteiger partial charge is 0.0962 e. The first kappa shape index (κ1) is 11.5. The molecule has 2 heteroatoms. The summed E-state index contributed by atoms with van der Waals surface area (Å²) in [5.41, 5.74) is 6.67. The molecule has 0 aromatic carbocycles. The van der Waals surface area contributed by atoms with E-state index in [1.165, 1.54) is 0 Å². The van der Waals surface area contributed by atoms with E-state index in [1.54, 1.807) is 0 Å². The van der Waals surface area contributed by atoms with Gasteiger partial charge >= 0.3 is 0 Å². The van der Waals surface area contributed by atoms with E-state index in [0.717, 1.165) is 12.4 Å². The molecule has 82 valence electrons. The van der Waals surface area contributed by atoms with E-state index in [2.05, 4.69) is 46.5 Å². The van der Waals surface area contributed by atoms with Crippen LogP contribution in [0.1, 0.15) is 41.5 Å². The third-order valence-electron chi connectivity index (χ3n) is 4.37. The van der Waals surface area contributed by atoms with Gasteiger partial charge in [0.2, 0.25) is 0 Å². The quantitative estimate of drug-likeness (QED) is 0.547. The molecule has 2 nitrogen and oxygen atoms in total. The van der Waals surface area contributed by atoms with Crippen LogP contribution in [0, 0.1) is 22.7 Å². The molecule has 0 aliphatic heterocycles. The monoisotopic (exact) mass is 196 g/mol. The Bertz CT molecular complexity index is 235. The fourth-order valence-electron chi connectivity index (χ4n) is 2.17. The fraction of sp³-hybridized carbons (Fsp3) is 0.917. The zero-order chi connectivity index (χ0) is 11.1. The highest BCUT2D eigenvalue weighted by Gasteiger charge is 2.64. The van der Waals surface area contributed by atoms with Crippen LogP contribution >= 0.6 is 0 Å². The van der Waals surface area contributed by atoms with Crippen molar-refractivity contribution in [2.45, 2.75) is 41.5 Å². The Morgan fingerprint density at radius 1 is 1.21 bits per heavy atom. The lowest BCUT2D eigenvalue weighted by atomic mass is 10.0. The number of nitrogens with two attached hydrogens (primary N) is 1. The van der Waals surface area contributed by atoms with E-state index in [1.807, 2.05) is 0 Å². The van der Waals surface area contributed by atoms with E-state index in [0.29, 0.717) is 22.7 Å². The Kier molecular flexibility index (Phi) is 2.68. The minimum atomic E-state index is 0.375. The topological polar surface area (TPSA) is 38.4 Å². The summed E-state index contributed by atoms with van der Waals surface area (Å²) >= 11 is 0. The molecule has 1 aliphatic carbocycles. The highest BCUT2D eigenvalue weighted by molar-refractivity contribution is 5.82. The molecule has 1 rings (SSSR count). The predicted octanol–water partition coefficient (Wildman–Crippen LogP) is 2.68. The number of hydrogen-bond acceptors (Lipinski definition) is 1. The van der Waals surface area contributed by atoms with E-state index >= 15 is 0 Å². The van der Waals surface area contributed by atoms with Crippen molar-refractivity contribution in [3.05, 3.63) is 0 Å². The summed E-state index contributed by atoms with van der Waals surface area (Å²) in [7, 11) is 0. The molecule has 1 saturated carbocycles. The van der Waals surface area contributed by atoms with Crippen molar-refractivity contribution in [2.24, 2.45) is 33.4 Å². The van der Waals surface area contributed by atoms with Gasteiger partial charge in [-0.15, -0.1) is 0 Å². The molecule has 0 bridgehead atoms. The van der Waals surface area contributed by atoms with Gasteiger partial charge in [0.25, 0.3) is 0 Å². The summed E-state index contributed by atoms with van der Waals surface area (Å²) in [4.78, 5) is 4.47. The largest absolute Gasteiger partial charge is 0.387 e. The van der Waals surface area contributed by atoms with Gasteiger partial charge < -0.3 is 5.73 Å². The molecule has 0 aromatic rings. The van der Waals surface area contributed by atoms with Crippen LogP contribution in [0.5, 0.6) is 0 Å². The third kappa shape index (κ3) is 1.67.